The number of hydrogen-bond acceptors (Lipinski definition) is 2. The van der Waals surface area contributed by atoms with Crippen molar-refractivity contribution in [1.82, 2.24) is 9.13 Å². The number of hydrogen-bond donors (Lipinski definition) is 0. The van der Waals surface area contributed by atoms with E-state index in [4.69, 9.17) is 9.47 Å². The van der Waals surface area contributed by atoms with Gasteiger partial charge in [-0.15, -0.1) is 0 Å². The lowest BCUT2D eigenvalue weighted by Crippen LogP contribution is -2.02. The van der Waals surface area contributed by atoms with Crippen molar-refractivity contribution in [3.05, 3.63) is 146 Å². The number of nitrogens with zero attached hydrogens (tertiary/aromatic N) is 2. The van der Waals surface area contributed by atoms with Crippen LogP contribution in [0.5, 0.6) is 23.0 Å². The van der Waals surface area contributed by atoms with Crippen LogP contribution in [0.25, 0.3) is 98.9 Å². The van der Waals surface area contributed by atoms with E-state index in [1.54, 1.807) is 0 Å². The molecule has 0 unspecified atom stereocenters. The molecule has 10 aromatic rings. The molecule has 0 spiro atoms. The number of aryl methyl sites for hydroxylation is 2. The Labute approximate surface area is 299 Å². The highest BCUT2D eigenvalue weighted by molar-refractivity contribution is 6.15. The largest absolute Gasteiger partial charge is 0.456 e. The average molecular weight is 667 g/mol. The molecule has 0 saturated heterocycles. The smallest absolute Gasteiger partial charge is 0.136 e. The molecule has 0 aliphatic carbocycles. The van der Waals surface area contributed by atoms with Gasteiger partial charge in [-0.05, 0) is 106 Å². The summed E-state index contributed by atoms with van der Waals surface area (Å²) in [7, 11) is 4.28. The normalized spacial score (nSPS) is 12.7. The lowest BCUT2D eigenvalue weighted by molar-refractivity contribution is 0.475. The van der Waals surface area contributed by atoms with Gasteiger partial charge < -0.3 is 18.6 Å². The zero-order valence-electron chi connectivity index (χ0n) is 28.6. The van der Waals surface area contributed by atoms with Crippen molar-refractivity contribution in [3.63, 3.8) is 0 Å². The van der Waals surface area contributed by atoms with Crippen LogP contribution in [0.4, 0.5) is 0 Å². The highest BCUT2D eigenvalue weighted by Crippen LogP contribution is 2.55. The third-order valence-electron chi connectivity index (χ3n) is 11.6. The first-order valence-corrected chi connectivity index (χ1v) is 17.8. The van der Waals surface area contributed by atoms with E-state index in [1.807, 2.05) is 0 Å². The molecule has 0 amide bonds. The van der Waals surface area contributed by atoms with Crippen LogP contribution in [0.2, 0.25) is 0 Å². The predicted molar refractivity (Wildman–Crippen MR) is 214 cm³/mol. The van der Waals surface area contributed by atoms with E-state index in [0.717, 1.165) is 56.0 Å². The minimum Gasteiger partial charge on any atom is -0.456 e. The number of para-hydroxylation sites is 2. The molecule has 0 N–H and O–H groups in total. The van der Waals surface area contributed by atoms with E-state index in [0.29, 0.717) is 0 Å². The van der Waals surface area contributed by atoms with E-state index < -0.39 is 0 Å². The second-order valence-corrected chi connectivity index (χ2v) is 14.2. The van der Waals surface area contributed by atoms with Crippen molar-refractivity contribution in [2.45, 2.75) is 0 Å². The highest BCUT2D eigenvalue weighted by atomic mass is 16.5. The van der Waals surface area contributed by atoms with Gasteiger partial charge in [0.15, 0.2) is 0 Å². The zero-order valence-corrected chi connectivity index (χ0v) is 28.6. The van der Waals surface area contributed by atoms with Gasteiger partial charge in [-0.1, -0.05) is 72.8 Å². The van der Waals surface area contributed by atoms with Gasteiger partial charge in [0.05, 0.1) is 0 Å². The van der Waals surface area contributed by atoms with E-state index in [-0.39, 0.29) is 0 Å². The Balaban J connectivity index is 0.946. The van der Waals surface area contributed by atoms with Gasteiger partial charge in [-0.3, -0.25) is 0 Å². The van der Waals surface area contributed by atoms with E-state index in [1.165, 1.54) is 65.9 Å². The van der Waals surface area contributed by atoms with Crippen LogP contribution in [-0.2, 0) is 14.1 Å². The van der Waals surface area contributed by atoms with Gasteiger partial charge in [0.1, 0.15) is 23.0 Å². The quantitative estimate of drug-likeness (QED) is 0.184. The van der Waals surface area contributed by atoms with Crippen LogP contribution in [0.3, 0.4) is 0 Å². The SMILES string of the molecule is Cn1c2ccccc2c2cc(-c3ccc4c(c3)Oc3ccc5c6c(ccc-4c36)-c3ccc(-c4ccc6c(c4)c4ccccc4n6C)cc3O5)ccc21. The van der Waals surface area contributed by atoms with Gasteiger partial charge >= 0.3 is 0 Å². The van der Waals surface area contributed by atoms with Gasteiger partial charge in [-0.2, -0.15) is 0 Å². The number of fused-ring (bicyclic) bond motifs is 10. The molecular weight excluding hydrogens is 637 g/mol. The number of benzene rings is 8. The minimum absolute atomic E-state index is 0.858. The molecule has 2 aliphatic heterocycles. The molecule has 8 aromatic carbocycles. The number of aromatic nitrogens is 2. The fraction of sp³-hybridized carbons (Fsp3) is 0.0417. The fourth-order valence-corrected chi connectivity index (χ4v) is 9.00. The summed E-state index contributed by atoms with van der Waals surface area (Å²) in [5.41, 5.74) is 14.1. The second-order valence-electron chi connectivity index (χ2n) is 14.2. The van der Waals surface area contributed by atoms with Crippen LogP contribution in [-0.4, -0.2) is 9.13 Å². The molecule has 0 radical (unpaired) electrons. The lowest BCUT2D eigenvalue weighted by atomic mass is 9.87. The van der Waals surface area contributed by atoms with Crippen LogP contribution in [0, 0.1) is 0 Å². The maximum Gasteiger partial charge on any atom is 0.136 e. The summed E-state index contributed by atoms with van der Waals surface area (Å²) in [5, 5.41) is 7.26. The molecule has 52 heavy (non-hydrogen) atoms. The van der Waals surface area contributed by atoms with Crippen LogP contribution in [0.1, 0.15) is 0 Å². The maximum absolute atomic E-state index is 6.72. The summed E-state index contributed by atoms with van der Waals surface area (Å²) >= 11 is 0. The van der Waals surface area contributed by atoms with Gasteiger partial charge in [-0.25, -0.2) is 0 Å². The molecule has 0 atom stereocenters. The summed E-state index contributed by atoms with van der Waals surface area (Å²) in [4.78, 5) is 0. The summed E-state index contributed by atoms with van der Waals surface area (Å²) in [6.45, 7) is 0. The van der Waals surface area contributed by atoms with Crippen LogP contribution in [0.15, 0.2) is 146 Å². The fourth-order valence-electron chi connectivity index (χ4n) is 9.00. The summed E-state index contributed by atoms with van der Waals surface area (Å²) in [6, 6.07) is 52.6. The molecule has 2 aromatic heterocycles. The van der Waals surface area contributed by atoms with Crippen molar-refractivity contribution >= 4 is 54.4 Å². The van der Waals surface area contributed by atoms with Crippen molar-refractivity contribution in [2.24, 2.45) is 14.1 Å². The molecule has 244 valence electrons. The maximum atomic E-state index is 6.72. The van der Waals surface area contributed by atoms with Gasteiger partial charge in [0.25, 0.3) is 0 Å². The molecule has 12 rings (SSSR count). The molecule has 4 heterocycles. The Bertz CT molecular complexity index is 3000. The van der Waals surface area contributed by atoms with E-state index in [9.17, 15) is 0 Å². The zero-order chi connectivity index (χ0) is 34.2. The molecule has 0 bridgehead atoms. The van der Waals surface area contributed by atoms with Crippen LogP contribution >= 0.6 is 0 Å². The van der Waals surface area contributed by atoms with Crippen molar-refractivity contribution < 1.29 is 9.47 Å². The Kier molecular flexibility index (Phi) is 5.34. The van der Waals surface area contributed by atoms with Gasteiger partial charge in [0, 0.05) is 79.6 Å². The molecule has 0 saturated carbocycles. The van der Waals surface area contributed by atoms with Crippen LogP contribution < -0.4 is 9.47 Å². The Morgan fingerprint density at radius 3 is 1.19 bits per heavy atom. The third kappa shape index (κ3) is 3.65. The van der Waals surface area contributed by atoms with Crippen molar-refractivity contribution in [3.8, 4) is 67.5 Å². The molecule has 0 fully saturated rings. The van der Waals surface area contributed by atoms with Crippen molar-refractivity contribution in [1.29, 1.82) is 0 Å². The average Bonchev–Trinajstić information content (AvgIpc) is 3.65. The first kappa shape index (κ1) is 28.0. The number of rotatable bonds is 2. The Morgan fingerprint density at radius 2 is 0.712 bits per heavy atom. The molecule has 4 heteroatoms. The van der Waals surface area contributed by atoms with E-state index >= 15 is 0 Å². The van der Waals surface area contributed by atoms with Gasteiger partial charge in [0.2, 0.25) is 0 Å². The first-order valence-electron chi connectivity index (χ1n) is 17.8. The number of ether oxygens (including phenoxy) is 2. The monoisotopic (exact) mass is 666 g/mol. The molecule has 2 aliphatic rings. The Hall–Kier alpha value is -6.78. The summed E-state index contributed by atoms with van der Waals surface area (Å²) in [6.07, 6.45) is 0. The second kappa shape index (κ2) is 9.93. The molecule has 4 nitrogen and oxygen atoms in total. The van der Waals surface area contributed by atoms with Crippen molar-refractivity contribution in [2.75, 3.05) is 0 Å². The standard InChI is InChI=1S/C48H30N2O2/c1-49-39-9-5-3-7-31(39)37-23-27(13-19-41(37)49)29-11-15-33-35-17-18-36-34-16-12-30(28-14-20-42-38(24-28)32-8-4-6-10-40(32)50(42)2)26-46(34)52-44-22-21-43(47(35)48(36)44)51-45(33)25-29/h3-26H,1-2H3. The van der Waals surface area contributed by atoms with E-state index in [2.05, 4.69) is 169 Å². The topological polar surface area (TPSA) is 28.3 Å². The minimum atomic E-state index is 0.858. The lowest BCUT2D eigenvalue weighted by Gasteiger charge is -2.27. The first-order chi connectivity index (χ1) is 25.6. The molecular formula is C48H30N2O2. The summed E-state index contributed by atoms with van der Waals surface area (Å²) in [5.74, 6) is 3.46. The predicted octanol–water partition coefficient (Wildman–Crippen LogP) is 13.0. The third-order valence-corrected chi connectivity index (χ3v) is 11.6. The summed E-state index contributed by atoms with van der Waals surface area (Å²) < 4.78 is 18.0. The Morgan fingerprint density at radius 1 is 0.327 bits per heavy atom. The highest BCUT2D eigenvalue weighted by Gasteiger charge is 2.28.